The van der Waals surface area contributed by atoms with Crippen molar-refractivity contribution in [3.63, 3.8) is 0 Å². The van der Waals surface area contributed by atoms with Crippen molar-refractivity contribution < 1.29 is 0 Å². The maximum Gasteiger partial charge on any atom is 0.0478 e. The number of rotatable bonds is 1. The van der Waals surface area contributed by atoms with Gasteiger partial charge in [-0.1, -0.05) is 31.2 Å². The fraction of sp³-hybridized carbons (Fsp3) is 0.600. The van der Waals surface area contributed by atoms with Gasteiger partial charge in [0.15, 0.2) is 0 Å². The normalized spacial score (nSPS) is 36.6. The van der Waals surface area contributed by atoms with Crippen LogP contribution in [0.2, 0.25) is 0 Å². The number of likely N-dealkylation sites (tertiary alicyclic amines) is 1. The van der Waals surface area contributed by atoms with Crippen molar-refractivity contribution >= 4 is 0 Å². The Bertz CT molecular complexity index is 429. The minimum absolute atomic E-state index is 0.390. The minimum Gasteiger partial charge on any atom is -0.312 e. The lowest BCUT2D eigenvalue weighted by Crippen LogP contribution is -2.54. The number of nitrogens with one attached hydrogen (secondary N) is 1. The zero-order chi connectivity index (χ0) is 12.0. The van der Waals surface area contributed by atoms with Crippen LogP contribution < -0.4 is 5.32 Å². The lowest BCUT2D eigenvalue weighted by atomic mass is 9.63. The molecule has 3 atom stereocenters. The summed E-state index contributed by atoms with van der Waals surface area (Å²) in [4.78, 5) is 2.53. The first-order chi connectivity index (χ1) is 8.15. The second-order valence-electron chi connectivity index (χ2n) is 5.92. The van der Waals surface area contributed by atoms with E-state index in [2.05, 4.69) is 55.5 Å². The molecule has 2 bridgehead atoms. The number of benzene rings is 1. The molecule has 1 heterocycles. The lowest BCUT2D eigenvalue weighted by molar-refractivity contribution is 0.0829. The summed E-state index contributed by atoms with van der Waals surface area (Å²) in [6.07, 6.45) is 2.57. The van der Waals surface area contributed by atoms with Crippen LogP contribution in [-0.4, -0.2) is 31.6 Å². The molecule has 1 fully saturated rings. The highest BCUT2D eigenvalue weighted by molar-refractivity contribution is 5.41. The molecule has 1 aromatic rings. The number of hydrogen-bond acceptors (Lipinski definition) is 2. The predicted octanol–water partition coefficient (Wildman–Crippen LogP) is 2.31. The molecule has 1 aliphatic carbocycles. The Morgan fingerprint density at radius 1 is 1.35 bits per heavy atom. The molecule has 0 radical (unpaired) electrons. The SMILES string of the molecule is CN[C@@H]1c2ccccc2C2(C)CCN(C)C1C2. The molecule has 2 heteroatoms. The van der Waals surface area contributed by atoms with Crippen molar-refractivity contribution in [2.45, 2.75) is 37.3 Å². The number of fused-ring (bicyclic) bond motifs is 4. The van der Waals surface area contributed by atoms with Gasteiger partial charge in [-0.25, -0.2) is 0 Å². The van der Waals surface area contributed by atoms with Crippen LogP contribution in [0, 0.1) is 0 Å². The molecule has 0 spiro atoms. The summed E-state index contributed by atoms with van der Waals surface area (Å²) in [6.45, 7) is 3.66. The van der Waals surface area contributed by atoms with E-state index in [0.29, 0.717) is 17.5 Å². The second-order valence-corrected chi connectivity index (χ2v) is 5.92. The van der Waals surface area contributed by atoms with Crippen molar-refractivity contribution in [1.82, 2.24) is 10.2 Å². The van der Waals surface area contributed by atoms with Crippen LogP contribution in [0.15, 0.2) is 24.3 Å². The van der Waals surface area contributed by atoms with Gasteiger partial charge >= 0.3 is 0 Å². The van der Waals surface area contributed by atoms with Crippen LogP contribution in [0.5, 0.6) is 0 Å². The summed E-state index contributed by atoms with van der Waals surface area (Å²) in [5, 5.41) is 3.52. The molecule has 0 aromatic heterocycles. The van der Waals surface area contributed by atoms with Crippen LogP contribution >= 0.6 is 0 Å². The van der Waals surface area contributed by atoms with E-state index in [1.165, 1.54) is 24.9 Å². The fourth-order valence-electron chi connectivity index (χ4n) is 3.80. The first kappa shape index (κ1) is 11.2. The minimum atomic E-state index is 0.390. The maximum atomic E-state index is 3.52. The lowest BCUT2D eigenvalue weighted by Gasteiger charge is -2.52. The summed E-state index contributed by atoms with van der Waals surface area (Å²) in [6, 6.07) is 10.1. The van der Waals surface area contributed by atoms with E-state index in [9.17, 15) is 0 Å². The molecule has 1 saturated heterocycles. The van der Waals surface area contributed by atoms with Crippen LogP contribution in [0.1, 0.15) is 36.9 Å². The molecular formula is C15H22N2. The summed E-state index contributed by atoms with van der Waals surface area (Å²) < 4.78 is 0. The Kier molecular flexibility index (Phi) is 2.53. The van der Waals surface area contributed by atoms with Gasteiger partial charge in [0.25, 0.3) is 0 Å². The van der Waals surface area contributed by atoms with Gasteiger partial charge in [0.2, 0.25) is 0 Å². The third kappa shape index (κ3) is 1.54. The molecule has 2 nitrogen and oxygen atoms in total. The summed E-state index contributed by atoms with van der Waals surface area (Å²) in [5.41, 5.74) is 3.48. The Morgan fingerprint density at radius 3 is 2.88 bits per heavy atom. The van der Waals surface area contributed by atoms with E-state index in [-0.39, 0.29) is 0 Å². The van der Waals surface area contributed by atoms with Crippen molar-refractivity contribution in [2.24, 2.45) is 0 Å². The summed E-state index contributed by atoms with van der Waals surface area (Å²) in [7, 11) is 4.36. The van der Waals surface area contributed by atoms with Gasteiger partial charge in [0.05, 0.1) is 0 Å². The predicted molar refractivity (Wildman–Crippen MR) is 71.2 cm³/mol. The topological polar surface area (TPSA) is 15.3 Å². The Labute approximate surface area is 104 Å². The molecule has 1 aromatic carbocycles. The van der Waals surface area contributed by atoms with E-state index in [4.69, 9.17) is 0 Å². The van der Waals surface area contributed by atoms with Gasteiger partial charge in [-0.2, -0.15) is 0 Å². The molecule has 0 saturated carbocycles. The Hall–Kier alpha value is -0.860. The van der Waals surface area contributed by atoms with Gasteiger partial charge in [0.1, 0.15) is 0 Å². The van der Waals surface area contributed by atoms with Crippen LogP contribution in [0.3, 0.4) is 0 Å². The average Bonchev–Trinajstić information content (AvgIpc) is 2.35. The van der Waals surface area contributed by atoms with Crippen LogP contribution in [0.4, 0.5) is 0 Å². The van der Waals surface area contributed by atoms with Gasteiger partial charge in [-0.3, -0.25) is 0 Å². The van der Waals surface area contributed by atoms with E-state index in [0.717, 1.165) is 0 Å². The third-order valence-corrected chi connectivity index (χ3v) is 4.88. The highest BCUT2D eigenvalue weighted by atomic mass is 15.2. The number of hydrogen-bond donors (Lipinski definition) is 1. The first-order valence-corrected chi connectivity index (χ1v) is 6.63. The highest BCUT2D eigenvalue weighted by Crippen LogP contribution is 2.47. The molecular weight excluding hydrogens is 208 g/mol. The van der Waals surface area contributed by atoms with Crippen molar-refractivity contribution in [3.8, 4) is 0 Å². The van der Waals surface area contributed by atoms with Crippen molar-refractivity contribution in [2.75, 3.05) is 20.6 Å². The van der Waals surface area contributed by atoms with Gasteiger partial charge in [-0.05, 0) is 50.0 Å². The smallest absolute Gasteiger partial charge is 0.0478 e. The van der Waals surface area contributed by atoms with Crippen LogP contribution in [0.25, 0.3) is 0 Å². The maximum absolute atomic E-state index is 3.52. The van der Waals surface area contributed by atoms with Crippen molar-refractivity contribution in [1.29, 1.82) is 0 Å². The van der Waals surface area contributed by atoms with Gasteiger partial charge < -0.3 is 10.2 Å². The standard InChI is InChI=1S/C15H22N2/c1-15-8-9-17(3)13(10-15)14(16-2)11-6-4-5-7-12(11)15/h4-7,13-14,16H,8-10H2,1-3H3/t13?,14-,15?/m1/s1. The zero-order valence-corrected chi connectivity index (χ0v) is 11.0. The number of nitrogens with zero attached hydrogens (tertiary/aromatic N) is 1. The second kappa shape index (κ2) is 3.82. The average molecular weight is 230 g/mol. The van der Waals surface area contributed by atoms with Crippen LogP contribution in [-0.2, 0) is 5.41 Å². The molecule has 17 heavy (non-hydrogen) atoms. The van der Waals surface area contributed by atoms with Gasteiger partial charge in [-0.15, -0.1) is 0 Å². The first-order valence-electron chi connectivity index (χ1n) is 6.63. The van der Waals surface area contributed by atoms with E-state index in [1.807, 2.05) is 0 Å². The monoisotopic (exact) mass is 230 g/mol. The molecule has 1 aliphatic heterocycles. The van der Waals surface area contributed by atoms with Crippen molar-refractivity contribution in [3.05, 3.63) is 35.4 Å². The Morgan fingerprint density at radius 2 is 2.12 bits per heavy atom. The molecule has 2 aliphatic rings. The number of likely N-dealkylation sites (N-methyl/N-ethyl adjacent to an activating group) is 2. The molecule has 2 unspecified atom stereocenters. The molecule has 1 N–H and O–H groups in total. The van der Waals surface area contributed by atoms with E-state index >= 15 is 0 Å². The molecule has 0 amide bonds. The van der Waals surface area contributed by atoms with Gasteiger partial charge in [0, 0.05) is 12.1 Å². The van der Waals surface area contributed by atoms with E-state index in [1.54, 1.807) is 5.56 Å². The van der Waals surface area contributed by atoms with E-state index < -0.39 is 0 Å². The largest absolute Gasteiger partial charge is 0.312 e. The molecule has 3 rings (SSSR count). The summed E-state index contributed by atoms with van der Waals surface area (Å²) in [5.74, 6) is 0. The highest BCUT2D eigenvalue weighted by Gasteiger charge is 2.45. The molecule has 92 valence electrons. The zero-order valence-electron chi connectivity index (χ0n) is 11.0. The Balaban J connectivity index is 2.15. The quantitative estimate of drug-likeness (QED) is 0.796. The fourth-order valence-corrected chi connectivity index (χ4v) is 3.80. The third-order valence-electron chi connectivity index (χ3n) is 4.88. The number of piperidine rings is 1. The summed E-state index contributed by atoms with van der Waals surface area (Å²) >= 11 is 0.